The van der Waals surface area contributed by atoms with Crippen molar-refractivity contribution in [2.75, 3.05) is 9.80 Å². The first-order valence-corrected chi connectivity index (χ1v) is 20.4. The van der Waals surface area contributed by atoms with Crippen LogP contribution in [0.25, 0.3) is 21.5 Å². The van der Waals surface area contributed by atoms with Crippen LogP contribution in [0.15, 0.2) is 194 Å². The van der Waals surface area contributed by atoms with E-state index in [0.29, 0.717) is 0 Å². The Labute approximate surface area is 354 Å². The normalized spacial score (nSPS) is 10.7. The first-order valence-electron chi connectivity index (χ1n) is 20.4. The molecule has 60 heavy (non-hydrogen) atoms. The van der Waals surface area contributed by atoms with Crippen molar-refractivity contribution in [3.8, 4) is 23.7 Å². The summed E-state index contributed by atoms with van der Waals surface area (Å²) >= 11 is 0. The highest BCUT2D eigenvalue weighted by atomic mass is 15.1. The lowest BCUT2D eigenvalue weighted by Crippen LogP contribution is -2.09. The van der Waals surface area contributed by atoms with Crippen LogP contribution in [-0.4, -0.2) is 0 Å². The third-order valence-electron chi connectivity index (χ3n) is 11.0. The first-order chi connectivity index (χ1) is 29.4. The van der Waals surface area contributed by atoms with Crippen molar-refractivity contribution in [2.24, 2.45) is 0 Å². The zero-order chi connectivity index (χ0) is 41.0. The first kappa shape index (κ1) is 37.8. The summed E-state index contributed by atoms with van der Waals surface area (Å²) in [6.45, 7) is 8.48. The number of hydrogen-bond acceptors (Lipinski definition) is 2. The van der Waals surface area contributed by atoms with Crippen LogP contribution in [0.3, 0.4) is 0 Å². The molecule has 0 atom stereocenters. The highest BCUT2D eigenvalue weighted by Gasteiger charge is 2.15. The average Bonchev–Trinajstić information content (AvgIpc) is 3.28. The molecule has 9 aromatic rings. The third-order valence-corrected chi connectivity index (χ3v) is 11.0. The number of rotatable bonds is 6. The molecule has 0 amide bonds. The second kappa shape index (κ2) is 16.6. The van der Waals surface area contributed by atoms with E-state index in [1.165, 1.54) is 22.3 Å². The maximum absolute atomic E-state index is 3.61. The van der Waals surface area contributed by atoms with E-state index in [2.05, 4.69) is 255 Å². The van der Waals surface area contributed by atoms with Crippen molar-refractivity contribution < 1.29 is 0 Å². The standard InChI is InChI=1S/C58H44N2/c1-41-13-27-47(28-14-41)59(48-29-15-42(2)16-30-48)51-35-21-45(22-36-51)25-39-57-53-9-5-7-11-55(53)58(56-12-8-6-10-54(56)57)40-26-46-23-37-52(38-24-46)60(49-31-17-43(3)18-32-49)50-33-19-44(4)20-34-50/h5-24,27-38H,1-4H3. The Morgan fingerprint density at radius 1 is 0.250 bits per heavy atom. The van der Waals surface area contributed by atoms with Gasteiger partial charge < -0.3 is 9.80 Å². The van der Waals surface area contributed by atoms with Gasteiger partial charge in [0.1, 0.15) is 0 Å². The van der Waals surface area contributed by atoms with Gasteiger partial charge in [0.25, 0.3) is 0 Å². The van der Waals surface area contributed by atoms with Crippen molar-refractivity contribution in [2.45, 2.75) is 27.7 Å². The molecular formula is C58H44N2. The van der Waals surface area contributed by atoms with Crippen LogP contribution in [0.1, 0.15) is 44.5 Å². The SMILES string of the molecule is Cc1ccc(N(c2ccc(C)cc2)c2ccc(C#Cc3c4ccccc4c(C#Cc4ccc(N(c5ccc(C)cc5)c5ccc(C)cc5)cc4)c4ccccc34)cc2)cc1. The van der Waals surface area contributed by atoms with Crippen LogP contribution in [0, 0.1) is 51.4 Å². The number of benzene rings is 9. The van der Waals surface area contributed by atoms with Crippen LogP contribution in [0.5, 0.6) is 0 Å². The summed E-state index contributed by atoms with van der Waals surface area (Å²) < 4.78 is 0. The van der Waals surface area contributed by atoms with E-state index in [9.17, 15) is 0 Å². The van der Waals surface area contributed by atoms with Gasteiger partial charge in [-0.2, -0.15) is 0 Å². The van der Waals surface area contributed by atoms with Gasteiger partial charge >= 0.3 is 0 Å². The second-order valence-corrected chi connectivity index (χ2v) is 15.4. The lowest BCUT2D eigenvalue weighted by Gasteiger charge is -2.25. The van der Waals surface area contributed by atoms with E-state index in [0.717, 1.165) is 77.9 Å². The van der Waals surface area contributed by atoms with Crippen LogP contribution in [-0.2, 0) is 0 Å². The quantitative estimate of drug-likeness (QED) is 0.123. The van der Waals surface area contributed by atoms with Gasteiger partial charge in [0, 0.05) is 56.4 Å². The minimum Gasteiger partial charge on any atom is -0.311 e. The van der Waals surface area contributed by atoms with Crippen molar-refractivity contribution in [3.05, 3.63) is 239 Å². The van der Waals surface area contributed by atoms with Gasteiger partial charge in [0.2, 0.25) is 0 Å². The predicted octanol–water partition coefficient (Wildman–Crippen LogP) is 15.0. The summed E-state index contributed by atoms with van der Waals surface area (Å²) in [5.41, 5.74) is 15.5. The Kier molecular flexibility index (Phi) is 10.5. The molecule has 0 spiro atoms. The lowest BCUT2D eigenvalue weighted by atomic mass is 9.92. The molecule has 2 heteroatoms. The number of aryl methyl sites for hydroxylation is 4. The molecule has 0 saturated heterocycles. The molecule has 0 saturated carbocycles. The number of anilines is 6. The highest BCUT2D eigenvalue weighted by Crippen LogP contribution is 2.37. The molecule has 2 nitrogen and oxygen atoms in total. The monoisotopic (exact) mass is 768 g/mol. The van der Waals surface area contributed by atoms with Crippen molar-refractivity contribution in [1.82, 2.24) is 0 Å². The van der Waals surface area contributed by atoms with Crippen molar-refractivity contribution in [1.29, 1.82) is 0 Å². The van der Waals surface area contributed by atoms with E-state index >= 15 is 0 Å². The molecular weight excluding hydrogens is 725 g/mol. The molecule has 0 N–H and O–H groups in total. The summed E-state index contributed by atoms with van der Waals surface area (Å²) in [7, 11) is 0. The Morgan fingerprint density at radius 3 is 0.700 bits per heavy atom. The molecule has 0 aliphatic rings. The Morgan fingerprint density at radius 2 is 0.467 bits per heavy atom. The second-order valence-electron chi connectivity index (χ2n) is 15.4. The predicted molar refractivity (Wildman–Crippen MR) is 255 cm³/mol. The molecule has 9 rings (SSSR count). The smallest absolute Gasteiger partial charge is 0.0462 e. The molecule has 0 radical (unpaired) electrons. The topological polar surface area (TPSA) is 6.48 Å². The molecule has 286 valence electrons. The zero-order valence-corrected chi connectivity index (χ0v) is 34.4. The third kappa shape index (κ3) is 7.88. The summed E-state index contributed by atoms with van der Waals surface area (Å²) in [5.74, 6) is 14.2. The fourth-order valence-corrected chi connectivity index (χ4v) is 7.72. The maximum atomic E-state index is 3.61. The number of nitrogens with zero attached hydrogens (tertiary/aromatic N) is 2. The van der Waals surface area contributed by atoms with E-state index in [-0.39, 0.29) is 0 Å². The summed E-state index contributed by atoms with van der Waals surface area (Å²) in [5, 5.41) is 4.38. The largest absolute Gasteiger partial charge is 0.311 e. The van der Waals surface area contributed by atoms with Crippen LogP contribution >= 0.6 is 0 Å². The van der Waals surface area contributed by atoms with Gasteiger partial charge in [0.05, 0.1) is 0 Å². The molecule has 0 unspecified atom stereocenters. The molecule has 0 aliphatic heterocycles. The molecule has 0 heterocycles. The van der Waals surface area contributed by atoms with Crippen LogP contribution < -0.4 is 9.80 Å². The molecule has 9 aromatic carbocycles. The van der Waals surface area contributed by atoms with Gasteiger partial charge in [-0.1, -0.05) is 143 Å². The lowest BCUT2D eigenvalue weighted by molar-refractivity contribution is 1.27. The Balaban J connectivity index is 1.05. The summed E-state index contributed by atoms with van der Waals surface area (Å²) in [4.78, 5) is 4.58. The average molecular weight is 769 g/mol. The van der Waals surface area contributed by atoms with Gasteiger partial charge in [-0.15, -0.1) is 0 Å². The van der Waals surface area contributed by atoms with Gasteiger partial charge in [-0.05, 0) is 146 Å². The van der Waals surface area contributed by atoms with Crippen LogP contribution in [0.4, 0.5) is 34.1 Å². The molecule has 0 fully saturated rings. The zero-order valence-electron chi connectivity index (χ0n) is 34.4. The van der Waals surface area contributed by atoms with E-state index in [1.54, 1.807) is 0 Å². The summed E-state index contributed by atoms with van der Waals surface area (Å²) in [6, 6.07) is 68.8. The van der Waals surface area contributed by atoms with Crippen LogP contribution in [0.2, 0.25) is 0 Å². The molecule has 0 aromatic heterocycles. The highest BCUT2D eigenvalue weighted by molar-refractivity contribution is 6.10. The number of hydrogen-bond donors (Lipinski definition) is 0. The molecule has 0 aliphatic carbocycles. The van der Waals surface area contributed by atoms with Crippen molar-refractivity contribution >= 4 is 55.7 Å². The number of fused-ring (bicyclic) bond motifs is 2. The van der Waals surface area contributed by atoms with Gasteiger partial charge in [-0.3, -0.25) is 0 Å². The van der Waals surface area contributed by atoms with Gasteiger partial charge in [0.15, 0.2) is 0 Å². The summed E-state index contributed by atoms with van der Waals surface area (Å²) in [6.07, 6.45) is 0. The minimum absolute atomic E-state index is 0.954. The van der Waals surface area contributed by atoms with Crippen molar-refractivity contribution in [3.63, 3.8) is 0 Å². The fourth-order valence-electron chi connectivity index (χ4n) is 7.72. The molecule has 0 bridgehead atoms. The van der Waals surface area contributed by atoms with E-state index in [4.69, 9.17) is 0 Å². The van der Waals surface area contributed by atoms with E-state index < -0.39 is 0 Å². The minimum atomic E-state index is 0.954. The maximum Gasteiger partial charge on any atom is 0.0462 e. The fraction of sp³-hybridized carbons (Fsp3) is 0.0690. The van der Waals surface area contributed by atoms with Gasteiger partial charge in [-0.25, -0.2) is 0 Å². The Bertz CT molecular complexity index is 2720. The van der Waals surface area contributed by atoms with E-state index in [1.807, 2.05) is 0 Å². The Hall–Kier alpha value is -7.78.